The van der Waals surface area contributed by atoms with Crippen molar-refractivity contribution in [2.75, 3.05) is 36.9 Å². The molecule has 1 unspecified atom stereocenters. The highest BCUT2D eigenvalue weighted by Crippen LogP contribution is 2.33. The molecule has 1 aromatic heterocycles. The monoisotopic (exact) mass is 304 g/mol. The predicted octanol–water partition coefficient (Wildman–Crippen LogP) is 1.02. The highest BCUT2D eigenvalue weighted by molar-refractivity contribution is 7.91. The Morgan fingerprint density at radius 1 is 1.58 bits per heavy atom. The summed E-state index contributed by atoms with van der Waals surface area (Å²) in [5.74, 6) is 0.224. The van der Waals surface area contributed by atoms with Crippen molar-refractivity contribution in [2.24, 2.45) is 0 Å². The number of likely N-dealkylation sites (tertiary alicyclic amines) is 1. The van der Waals surface area contributed by atoms with E-state index in [4.69, 9.17) is 5.73 Å². The van der Waals surface area contributed by atoms with Crippen molar-refractivity contribution in [3.05, 3.63) is 0 Å². The number of nitrogen functional groups attached to an aromatic ring is 1. The average molecular weight is 304 g/mol. The molecule has 0 aliphatic carbocycles. The van der Waals surface area contributed by atoms with Gasteiger partial charge in [0.25, 0.3) is 0 Å². The lowest BCUT2D eigenvalue weighted by molar-refractivity contribution is 0.414. The van der Waals surface area contributed by atoms with Crippen LogP contribution in [0.4, 0.5) is 10.8 Å². The number of anilines is 2. The van der Waals surface area contributed by atoms with Gasteiger partial charge in [-0.25, -0.2) is 8.42 Å². The summed E-state index contributed by atoms with van der Waals surface area (Å²) in [7, 11) is -1.28. The van der Waals surface area contributed by atoms with Crippen LogP contribution in [0.3, 0.4) is 0 Å². The maximum Gasteiger partial charge on any atom is 0.185 e. The van der Waals surface area contributed by atoms with Crippen LogP contribution in [0, 0.1) is 0 Å². The van der Waals surface area contributed by atoms with Gasteiger partial charge in [-0.3, -0.25) is 0 Å². The van der Waals surface area contributed by atoms with Gasteiger partial charge in [-0.05, 0) is 38.0 Å². The van der Waals surface area contributed by atoms with E-state index in [2.05, 4.69) is 21.6 Å². The van der Waals surface area contributed by atoms with Crippen LogP contribution >= 0.6 is 11.5 Å². The van der Waals surface area contributed by atoms with Crippen molar-refractivity contribution in [3.63, 3.8) is 0 Å². The summed E-state index contributed by atoms with van der Waals surface area (Å²) < 4.78 is 28.4. The van der Waals surface area contributed by atoms with Crippen LogP contribution in [-0.4, -0.2) is 49.6 Å². The quantitative estimate of drug-likeness (QED) is 0.844. The third kappa shape index (κ3) is 3.18. The zero-order valence-corrected chi connectivity index (χ0v) is 12.9. The van der Waals surface area contributed by atoms with Crippen molar-refractivity contribution in [2.45, 2.75) is 30.7 Å². The molecule has 0 spiro atoms. The molecule has 1 aromatic rings. The lowest BCUT2D eigenvalue weighted by atomic mass is 10.3. The topological polar surface area (TPSA) is 88.3 Å². The van der Waals surface area contributed by atoms with E-state index in [-0.39, 0.29) is 22.5 Å². The normalized spacial score (nSPS) is 20.8. The molecule has 1 aliphatic rings. The summed E-state index contributed by atoms with van der Waals surface area (Å²) in [5.41, 5.74) is 5.73. The second-order valence-corrected chi connectivity index (χ2v) is 7.76. The smallest absolute Gasteiger partial charge is 0.185 e. The van der Waals surface area contributed by atoms with Gasteiger partial charge < -0.3 is 16.0 Å². The number of likely N-dealkylation sites (N-methyl/N-ethyl adjacent to an activating group) is 1. The van der Waals surface area contributed by atoms with Gasteiger partial charge in [-0.2, -0.15) is 4.37 Å². The van der Waals surface area contributed by atoms with Gasteiger partial charge in [-0.15, -0.1) is 0 Å². The van der Waals surface area contributed by atoms with Gasteiger partial charge in [-0.1, -0.05) is 6.92 Å². The van der Waals surface area contributed by atoms with Crippen molar-refractivity contribution >= 4 is 32.2 Å². The Bertz CT molecular complexity index is 541. The Morgan fingerprint density at radius 3 is 2.89 bits per heavy atom. The van der Waals surface area contributed by atoms with Gasteiger partial charge in [0, 0.05) is 12.6 Å². The molecule has 0 aromatic carbocycles. The molecule has 2 rings (SSSR count). The van der Waals surface area contributed by atoms with Crippen LogP contribution in [-0.2, 0) is 9.84 Å². The van der Waals surface area contributed by atoms with Gasteiger partial charge >= 0.3 is 0 Å². The first-order chi connectivity index (χ1) is 8.94. The maximum atomic E-state index is 12.2. The third-order valence-electron chi connectivity index (χ3n) is 3.18. The van der Waals surface area contributed by atoms with Crippen molar-refractivity contribution in [3.8, 4) is 0 Å². The molecule has 6 nitrogen and oxygen atoms in total. The SMILES string of the molecule is CCCS(=O)(=O)c1c(N)nsc1NC1CCN(C)C1. The van der Waals surface area contributed by atoms with Crippen LogP contribution in [0.15, 0.2) is 4.90 Å². The standard InChI is InChI=1S/C11H20N4O2S2/c1-3-6-19(16,17)9-10(12)14-18-11(9)13-8-4-5-15(2)7-8/h8,13H,3-7H2,1-2H3,(H2,12,14). The van der Waals surface area contributed by atoms with Gasteiger partial charge in [0.1, 0.15) is 9.90 Å². The Hall–Kier alpha value is -0.860. The van der Waals surface area contributed by atoms with Crippen molar-refractivity contribution < 1.29 is 8.42 Å². The van der Waals surface area contributed by atoms with Crippen LogP contribution in [0.25, 0.3) is 0 Å². The van der Waals surface area contributed by atoms with E-state index < -0.39 is 9.84 Å². The average Bonchev–Trinajstić information content (AvgIpc) is 2.86. The second kappa shape index (κ2) is 5.64. The first-order valence-corrected chi connectivity index (χ1v) is 8.79. The lowest BCUT2D eigenvalue weighted by Crippen LogP contribution is -2.24. The summed E-state index contributed by atoms with van der Waals surface area (Å²) in [6.07, 6.45) is 1.57. The minimum atomic E-state index is -3.34. The largest absolute Gasteiger partial charge is 0.382 e. The van der Waals surface area contributed by atoms with Crippen LogP contribution in [0.2, 0.25) is 0 Å². The molecule has 19 heavy (non-hydrogen) atoms. The maximum absolute atomic E-state index is 12.2. The first kappa shape index (κ1) is 14.5. The van der Waals surface area contributed by atoms with E-state index >= 15 is 0 Å². The van der Waals surface area contributed by atoms with Crippen LogP contribution in [0.1, 0.15) is 19.8 Å². The number of hydrogen-bond donors (Lipinski definition) is 2. The van der Waals surface area contributed by atoms with Crippen LogP contribution < -0.4 is 11.1 Å². The molecular formula is C11H20N4O2S2. The summed E-state index contributed by atoms with van der Waals surface area (Å²) in [6, 6.07) is 0.264. The van der Waals surface area contributed by atoms with E-state index in [9.17, 15) is 8.42 Å². The molecule has 1 atom stereocenters. The molecule has 0 saturated carbocycles. The molecule has 1 saturated heterocycles. The van der Waals surface area contributed by atoms with Gasteiger partial charge in [0.05, 0.1) is 5.75 Å². The first-order valence-electron chi connectivity index (χ1n) is 6.37. The Balaban J connectivity index is 2.23. The number of nitrogens with zero attached hydrogens (tertiary/aromatic N) is 2. The van der Waals surface area contributed by atoms with Gasteiger partial charge in [0.15, 0.2) is 15.7 Å². The summed E-state index contributed by atoms with van der Waals surface area (Å²) in [4.78, 5) is 2.40. The minimum Gasteiger partial charge on any atom is -0.382 e. The summed E-state index contributed by atoms with van der Waals surface area (Å²) in [5, 5.41) is 3.87. The second-order valence-electron chi connectivity index (χ2n) is 4.94. The highest BCUT2D eigenvalue weighted by Gasteiger charge is 2.27. The zero-order valence-electron chi connectivity index (χ0n) is 11.2. The zero-order chi connectivity index (χ0) is 14.0. The number of rotatable bonds is 5. The van der Waals surface area contributed by atoms with E-state index in [0.717, 1.165) is 31.0 Å². The van der Waals surface area contributed by atoms with Crippen LogP contribution in [0.5, 0.6) is 0 Å². The molecule has 0 bridgehead atoms. The number of nitrogens with one attached hydrogen (secondary N) is 1. The minimum absolute atomic E-state index is 0.106. The number of sulfone groups is 1. The summed E-state index contributed by atoms with van der Waals surface area (Å²) in [6.45, 7) is 3.76. The van der Waals surface area contributed by atoms with Crippen molar-refractivity contribution in [1.29, 1.82) is 0 Å². The molecule has 0 amide bonds. The van der Waals surface area contributed by atoms with E-state index in [1.165, 1.54) is 0 Å². The fourth-order valence-electron chi connectivity index (χ4n) is 2.30. The third-order valence-corrected chi connectivity index (χ3v) is 6.09. The van der Waals surface area contributed by atoms with E-state index in [1.54, 1.807) is 0 Å². The lowest BCUT2D eigenvalue weighted by Gasteiger charge is -2.14. The molecule has 1 fully saturated rings. The Kier molecular flexibility index (Phi) is 4.32. The molecular weight excluding hydrogens is 284 g/mol. The fourth-order valence-corrected chi connectivity index (χ4v) is 4.98. The number of nitrogens with two attached hydrogens (primary N) is 1. The molecule has 0 radical (unpaired) electrons. The highest BCUT2D eigenvalue weighted by atomic mass is 32.2. The number of aromatic nitrogens is 1. The van der Waals surface area contributed by atoms with Crippen molar-refractivity contribution in [1.82, 2.24) is 9.27 Å². The fraction of sp³-hybridized carbons (Fsp3) is 0.727. The summed E-state index contributed by atoms with van der Waals surface area (Å²) >= 11 is 1.13. The molecule has 2 heterocycles. The Labute approximate surface area is 118 Å². The number of hydrogen-bond acceptors (Lipinski definition) is 7. The Morgan fingerprint density at radius 2 is 2.32 bits per heavy atom. The van der Waals surface area contributed by atoms with E-state index in [1.807, 2.05) is 6.92 Å². The molecule has 1 aliphatic heterocycles. The van der Waals surface area contributed by atoms with E-state index in [0.29, 0.717) is 11.4 Å². The molecule has 108 valence electrons. The van der Waals surface area contributed by atoms with Gasteiger partial charge in [0.2, 0.25) is 0 Å². The molecule has 8 heteroatoms. The molecule has 3 N–H and O–H groups in total. The predicted molar refractivity (Wildman–Crippen MR) is 78.4 cm³/mol.